The summed E-state index contributed by atoms with van der Waals surface area (Å²) in [6, 6.07) is 6.55. The van der Waals surface area contributed by atoms with Gasteiger partial charge in [-0.05, 0) is 37.0 Å². The van der Waals surface area contributed by atoms with Crippen molar-refractivity contribution in [3.05, 3.63) is 22.7 Å². The van der Waals surface area contributed by atoms with Crippen molar-refractivity contribution in [1.82, 2.24) is 0 Å². The molecule has 2 unspecified atom stereocenters. The van der Waals surface area contributed by atoms with Gasteiger partial charge in [0.25, 0.3) is 0 Å². The lowest BCUT2D eigenvalue weighted by atomic mass is 10.1. The normalized spacial score (nSPS) is 25.5. The van der Waals surface area contributed by atoms with E-state index in [0.29, 0.717) is 6.04 Å². The molecule has 0 radical (unpaired) electrons. The van der Waals surface area contributed by atoms with E-state index in [1.807, 2.05) is 12.1 Å². The molecule has 0 saturated heterocycles. The number of nitrogen functional groups attached to an aromatic ring is 1. The third-order valence-electron chi connectivity index (χ3n) is 3.22. The smallest absolute Gasteiger partial charge is 0.0587 e. The molecule has 1 aromatic rings. The average Bonchev–Trinajstić information content (AvgIpc) is 2.58. The SMILES string of the molecule is CC1CCCC1Nc1cc(Br)ccc1N. The number of nitrogens with one attached hydrogen (secondary N) is 1. The summed E-state index contributed by atoms with van der Waals surface area (Å²) in [5, 5.41) is 3.54. The van der Waals surface area contributed by atoms with E-state index in [0.717, 1.165) is 21.8 Å². The van der Waals surface area contributed by atoms with Crippen LogP contribution in [0.25, 0.3) is 0 Å². The Balaban J connectivity index is 2.12. The van der Waals surface area contributed by atoms with E-state index in [4.69, 9.17) is 5.73 Å². The average molecular weight is 269 g/mol. The first-order chi connectivity index (χ1) is 7.16. The number of halogens is 1. The minimum absolute atomic E-state index is 0.585. The van der Waals surface area contributed by atoms with Gasteiger partial charge in [-0.15, -0.1) is 0 Å². The maximum atomic E-state index is 5.93. The number of anilines is 2. The second kappa shape index (κ2) is 4.44. The van der Waals surface area contributed by atoms with E-state index in [1.54, 1.807) is 0 Å². The molecular weight excluding hydrogens is 252 g/mol. The number of benzene rings is 1. The van der Waals surface area contributed by atoms with Crippen LogP contribution in [0.4, 0.5) is 11.4 Å². The predicted octanol–water partition coefficient (Wildman–Crippen LogP) is 3.63. The van der Waals surface area contributed by atoms with Crippen LogP contribution in [0.2, 0.25) is 0 Å². The molecule has 1 aliphatic rings. The van der Waals surface area contributed by atoms with Crippen LogP contribution in [-0.4, -0.2) is 6.04 Å². The van der Waals surface area contributed by atoms with Gasteiger partial charge in [-0.2, -0.15) is 0 Å². The molecule has 0 aromatic heterocycles. The first-order valence-corrected chi connectivity index (χ1v) is 6.27. The van der Waals surface area contributed by atoms with Crippen LogP contribution in [0.3, 0.4) is 0 Å². The highest BCUT2D eigenvalue weighted by atomic mass is 79.9. The van der Waals surface area contributed by atoms with Crippen molar-refractivity contribution < 1.29 is 0 Å². The lowest BCUT2D eigenvalue weighted by molar-refractivity contribution is 0.556. The molecule has 1 saturated carbocycles. The molecule has 0 heterocycles. The predicted molar refractivity (Wildman–Crippen MR) is 69.0 cm³/mol. The standard InChI is InChI=1S/C12H17BrN2/c1-8-3-2-4-11(8)15-12-7-9(13)5-6-10(12)14/h5-8,11,15H,2-4,14H2,1H3. The number of rotatable bonds is 2. The van der Waals surface area contributed by atoms with Crippen LogP contribution in [0.1, 0.15) is 26.2 Å². The van der Waals surface area contributed by atoms with Crippen molar-refractivity contribution in [2.45, 2.75) is 32.2 Å². The lowest BCUT2D eigenvalue weighted by Gasteiger charge is -2.20. The summed E-state index contributed by atoms with van der Waals surface area (Å²) in [5.74, 6) is 0.753. The molecule has 2 rings (SSSR count). The van der Waals surface area contributed by atoms with Crippen LogP contribution >= 0.6 is 15.9 Å². The molecule has 0 spiro atoms. The van der Waals surface area contributed by atoms with E-state index in [-0.39, 0.29) is 0 Å². The van der Waals surface area contributed by atoms with Gasteiger partial charge >= 0.3 is 0 Å². The summed E-state index contributed by atoms with van der Waals surface area (Å²) < 4.78 is 1.07. The van der Waals surface area contributed by atoms with E-state index >= 15 is 0 Å². The molecule has 1 fully saturated rings. The van der Waals surface area contributed by atoms with Crippen molar-refractivity contribution in [2.75, 3.05) is 11.1 Å². The molecule has 0 amide bonds. The monoisotopic (exact) mass is 268 g/mol. The Morgan fingerprint density at radius 1 is 1.40 bits per heavy atom. The summed E-state index contributed by atoms with van der Waals surface area (Å²) in [5.41, 5.74) is 7.82. The van der Waals surface area contributed by atoms with Crippen LogP contribution in [0, 0.1) is 5.92 Å². The van der Waals surface area contributed by atoms with Gasteiger partial charge in [0.2, 0.25) is 0 Å². The fourth-order valence-corrected chi connectivity index (χ4v) is 2.57. The van der Waals surface area contributed by atoms with Gasteiger partial charge < -0.3 is 11.1 Å². The second-order valence-corrected chi connectivity index (χ2v) is 5.31. The van der Waals surface area contributed by atoms with Gasteiger partial charge in [0.05, 0.1) is 11.4 Å². The summed E-state index contributed by atoms with van der Waals surface area (Å²) in [7, 11) is 0. The first kappa shape index (κ1) is 10.8. The van der Waals surface area contributed by atoms with Gasteiger partial charge in [0.1, 0.15) is 0 Å². The molecule has 0 aliphatic heterocycles. The third kappa shape index (κ3) is 2.46. The highest BCUT2D eigenvalue weighted by Gasteiger charge is 2.23. The van der Waals surface area contributed by atoms with Gasteiger partial charge in [-0.3, -0.25) is 0 Å². The summed E-state index contributed by atoms with van der Waals surface area (Å²) in [6.45, 7) is 2.30. The molecule has 3 heteroatoms. The zero-order valence-corrected chi connectivity index (χ0v) is 10.5. The Bertz CT molecular complexity index is 351. The molecule has 0 bridgehead atoms. The van der Waals surface area contributed by atoms with Gasteiger partial charge in [0.15, 0.2) is 0 Å². The highest BCUT2D eigenvalue weighted by Crippen LogP contribution is 2.31. The van der Waals surface area contributed by atoms with E-state index in [1.165, 1.54) is 19.3 Å². The lowest BCUT2D eigenvalue weighted by Crippen LogP contribution is -2.22. The minimum Gasteiger partial charge on any atom is -0.397 e. The summed E-state index contributed by atoms with van der Waals surface area (Å²) >= 11 is 3.47. The Hall–Kier alpha value is -0.700. The van der Waals surface area contributed by atoms with Crippen LogP contribution < -0.4 is 11.1 Å². The first-order valence-electron chi connectivity index (χ1n) is 5.48. The maximum absolute atomic E-state index is 5.93. The Morgan fingerprint density at radius 3 is 2.87 bits per heavy atom. The molecule has 2 atom stereocenters. The van der Waals surface area contributed by atoms with Crippen molar-refractivity contribution >= 4 is 27.3 Å². The van der Waals surface area contributed by atoms with E-state index in [2.05, 4.69) is 34.2 Å². The fourth-order valence-electron chi connectivity index (χ4n) is 2.21. The maximum Gasteiger partial charge on any atom is 0.0587 e. The van der Waals surface area contributed by atoms with Crippen molar-refractivity contribution in [3.8, 4) is 0 Å². The van der Waals surface area contributed by atoms with Crippen molar-refractivity contribution in [2.24, 2.45) is 5.92 Å². The highest BCUT2D eigenvalue weighted by molar-refractivity contribution is 9.10. The minimum atomic E-state index is 0.585. The topological polar surface area (TPSA) is 38.0 Å². The summed E-state index contributed by atoms with van der Waals surface area (Å²) in [6.07, 6.45) is 3.91. The second-order valence-electron chi connectivity index (χ2n) is 4.39. The largest absolute Gasteiger partial charge is 0.397 e. The van der Waals surface area contributed by atoms with Crippen molar-refractivity contribution in [3.63, 3.8) is 0 Å². The Kier molecular flexibility index (Phi) is 3.19. The Labute approximate surface area is 99.4 Å². The number of hydrogen-bond acceptors (Lipinski definition) is 2. The van der Waals surface area contributed by atoms with E-state index in [9.17, 15) is 0 Å². The van der Waals surface area contributed by atoms with Gasteiger partial charge in [-0.25, -0.2) is 0 Å². The quantitative estimate of drug-likeness (QED) is 0.804. The molecule has 1 aromatic carbocycles. The summed E-state index contributed by atoms with van der Waals surface area (Å²) in [4.78, 5) is 0. The zero-order valence-electron chi connectivity index (χ0n) is 8.96. The third-order valence-corrected chi connectivity index (χ3v) is 3.71. The molecule has 15 heavy (non-hydrogen) atoms. The zero-order chi connectivity index (χ0) is 10.8. The molecule has 1 aliphatic carbocycles. The van der Waals surface area contributed by atoms with Gasteiger partial charge in [-0.1, -0.05) is 29.3 Å². The van der Waals surface area contributed by atoms with Crippen LogP contribution in [0.5, 0.6) is 0 Å². The van der Waals surface area contributed by atoms with Crippen LogP contribution in [0.15, 0.2) is 22.7 Å². The van der Waals surface area contributed by atoms with Crippen molar-refractivity contribution in [1.29, 1.82) is 0 Å². The molecule has 82 valence electrons. The molecular formula is C12H17BrN2. The number of hydrogen-bond donors (Lipinski definition) is 2. The Morgan fingerprint density at radius 2 is 2.20 bits per heavy atom. The van der Waals surface area contributed by atoms with Gasteiger partial charge in [0, 0.05) is 10.5 Å². The fraction of sp³-hybridized carbons (Fsp3) is 0.500. The van der Waals surface area contributed by atoms with E-state index < -0.39 is 0 Å². The molecule has 2 nitrogen and oxygen atoms in total. The molecule has 3 N–H and O–H groups in total. The number of nitrogens with two attached hydrogens (primary N) is 1. The van der Waals surface area contributed by atoms with Crippen LogP contribution in [-0.2, 0) is 0 Å².